The minimum Gasteiger partial charge on any atom is -0.350 e. The van der Waals surface area contributed by atoms with E-state index in [2.05, 4.69) is 5.32 Å². The van der Waals surface area contributed by atoms with Crippen LogP contribution in [-0.4, -0.2) is 49.7 Å². The molecule has 0 unspecified atom stereocenters. The molecule has 162 valence electrons. The molecule has 1 N–H and O–H groups in total. The first kappa shape index (κ1) is 23.1. The van der Waals surface area contributed by atoms with Gasteiger partial charge >= 0.3 is 0 Å². The molecule has 2 aromatic rings. The molecule has 3 rings (SSSR count). The fraction of sp³-hybridized carbons (Fsp3) is 0.190. The number of rotatable bonds is 6. The highest BCUT2D eigenvalue weighted by Gasteiger charge is 2.34. The van der Waals surface area contributed by atoms with Crippen molar-refractivity contribution in [3.8, 4) is 0 Å². The first-order chi connectivity index (χ1) is 14.6. The van der Waals surface area contributed by atoms with Gasteiger partial charge in [0.15, 0.2) is 9.84 Å². The third-order valence-electron chi connectivity index (χ3n) is 4.54. The smallest absolute Gasteiger partial charge is 0.293 e. The molecule has 2 aromatic carbocycles. The fourth-order valence-corrected chi connectivity index (χ4v) is 4.49. The van der Waals surface area contributed by atoms with E-state index in [0.29, 0.717) is 10.6 Å². The molecule has 10 heteroatoms. The predicted octanol–water partition coefficient (Wildman–Crippen LogP) is 3.52. The third-order valence-corrected chi connectivity index (χ3v) is 6.81. The lowest BCUT2D eigenvalue weighted by molar-refractivity contribution is -0.122. The van der Waals surface area contributed by atoms with Gasteiger partial charge in [0.25, 0.3) is 17.1 Å². The van der Waals surface area contributed by atoms with Gasteiger partial charge in [-0.05, 0) is 60.2 Å². The van der Waals surface area contributed by atoms with Gasteiger partial charge in [-0.3, -0.25) is 19.3 Å². The van der Waals surface area contributed by atoms with E-state index in [1.807, 2.05) is 0 Å². The normalized spacial score (nSPS) is 15.6. The number of thioether (sulfide) groups is 1. The Kier molecular flexibility index (Phi) is 6.88. The van der Waals surface area contributed by atoms with Crippen LogP contribution in [0.25, 0.3) is 6.08 Å². The quantitative estimate of drug-likeness (QED) is 0.637. The molecule has 31 heavy (non-hydrogen) atoms. The van der Waals surface area contributed by atoms with Crippen molar-refractivity contribution in [2.75, 3.05) is 19.3 Å². The molecule has 0 aliphatic carbocycles. The Labute approximate surface area is 189 Å². The number of halogens is 1. The van der Waals surface area contributed by atoms with Crippen LogP contribution in [0, 0.1) is 6.92 Å². The van der Waals surface area contributed by atoms with Crippen molar-refractivity contribution < 1.29 is 22.8 Å². The number of benzene rings is 2. The van der Waals surface area contributed by atoms with E-state index >= 15 is 0 Å². The largest absolute Gasteiger partial charge is 0.350 e. The Balaban J connectivity index is 1.64. The summed E-state index contributed by atoms with van der Waals surface area (Å²) in [5, 5.41) is 2.78. The number of amides is 3. The summed E-state index contributed by atoms with van der Waals surface area (Å²) < 4.78 is 23.5. The summed E-state index contributed by atoms with van der Waals surface area (Å²) in [5.41, 5.74) is 1.58. The highest BCUT2D eigenvalue weighted by Crippen LogP contribution is 2.32. The van der Waals surface area contributed by atoms with Crippen LogP contribution in [-0.2, 0) is 14.6 Å². The molecule has 1 aliphatic rings. The molecule has 1 fully saturated rings. The molecule has 0 spiro atoms. The van der Waals surface area contributed by atoms with Crippen molar-refractivity contribution in [2.24, 2.45) is 0 Å². The zero-order valence-corrected chi connectivity index (χ0v) is 19.1. The number of nitrogens with zero attached hydrogens (tertiary/aromatic N) is 1. The van der Waals surface area contributed by atoms with Crippen LogP contribution < -0.4 is 5.32 Å². The van der Waals surface area contributed by atoms with Crippen molar-refractivity contribution >= 4 is 56.3 Å². The molecule has 0 aromatic heterocycles. The molecule has 0 bridgehead atoms. The minimum atomic E-state index is -3.45. The summed E-state index contributed by atoms with van der Waals surface area (Å²) in [7, 11) is -3.45. The number of hydrogen-bond acceptors (Lipinski definition) is 6. The second-order valence-corrected chi connectivity index (χ2v) is 10.3. The summed E-state index contributed by atoms with van der Waals surface area (Å²) >= 11 is 6.68. The second kappa shape index (κ2) is 9.25. The van der Waals surface area contributed by atoms with Gasteiger partial charge in [0, 0.05) is 29.9 Å². The maximum absolute atomic E-state index is 12.6. The van der Waals surface area contributed by atoms with Crippen molar-refractivity contribution in [1.29, 1.82) is 0 Å². The van der Waals surface area contributed by atoms with Crippen molar-refractivity contribution in [2.45, 2.75) is 11.8 Å². The van der Waals surface area contributed by atoms with Crippen LogP contribution in [0.1, 0.15) is 21.5 Å². The van der Waals surface area contributed by atoms with Gasteiger partial charge in [0.1, 0.15) is 0 Å². The first-order valence-electron chi connectivity index (χ1n) is 9.16. The highest BCUT2D eigenvalue weighted by atomic mass is 35.5. The van der Waals surface area contributed by atoms with Crippen LogP contribution >= 0.6 is 23.4 Å². The Morgan fingerprint density at radius 2 is 1.84 bits per heavy atom. The molecule has 3 amide bonds. The van der Waals surface area contributed by atoms with Gasteiger partial charge in [-0.1, -0.05) is 29.8 Å². The van der Waals surface area contributed by atoms with Crippen LogP contribution in [0.3, 0.4) is 0 Å². The second-order valence-electron chi connectivity index (χ2n) is 6.89. The van der Waals surface area contributed by atoms with E-state index in [4.69, 9.17) is 11.6 Å². The maximum Gasteiger partial charge on any atom is 0.293 e. The Morgan fingerprint density at radius 3 is 2.48 bits per heavy atom. The van der Waals surface area contributed by atoms with E-state index in [9.17, 15) is 22.8 Å². The molecule has 0 atom stereocenters. The number of imide groups is 1. The third kappa shape index (κ3) is 5.55. The topological polar surface area (TPSA) is 101 Å². The van der Waals surface area contributed by atoms with Gasteiger partial charge in [0.05, 0.1) is 9.80 Å². The van der Waals surface area contributed by atoms with E-state index in [-0.39, 0.29) is 28.5 Å². The predicted molar refractivity (Wildman–Crippen MR) is 121 cm³/mol. The van der Waals surface area contributed by atoms with Crippen LogP contribution in [0.15, 0.2) is 52.3 Å². The molecule has 7 nitrogen and oxygen atoms in total. The SMILES string of the molecule is Cc1ccc(S(C)(=O)=O)cc1C(=O)NCCN1C(=O)S/C(=C/c2ccc(Cl)cc2)C1=O. The summed E-state index contributed by atoms with van der Waals surface area (Å²) in [6.07, 6.45) is 2.68. The molecule has 1 saturated heterocycles. The molecular weight excluding hydrogens is 460 g/mol. The van der Waals surface area contributed by atoms with E-state index in [1.165, 1.54) is 12.1 Å². The van der Waals surface area contributed by atoms with Gasteiger partial charge in [-0.25, -0.2) is 8.42 Å². The zero-order chi connectivity index (χ0) is 22.8. The number of carbonyl (C=O) groups is 3. The van der Waals surface area contributed by atoms with Crippen LogP contribution in [0.4, 0.5) is 4.79 Å². The van der Waals surface area contributed by atoms with Gasteiger partial charge in [0.2, 0.25) is 0 Å². The average molecular weight is 479 g/mol. The lowest BCUT2D eigenvalue weighted by Crippen LogP contribution is -2.37. The van der Waals surface area contributed by atoms with Crippen LogP contribution in [0.2, 0.25) is 5.02 Å². The molecule has 0 saturated carbocycles. The van der Waals surface area contributed by atoms with Crippen molar-refractivity contribution in [3.63, 3.8) is 0 Å². The number of hydrogen-bond donors (Lipinski definition) is 1. The van der Waals surface area contributed by atoms with Gasteiger partial charge in [-0.15, -0.1) is 0 Å². The fourth-order valence-electron chi connectivity index (χ4n) is 2.86. The average Bonchev–Trinajstić information content (AvgIpc) is 2.96. The van der Waals surface area contributed by atoms with E-state index < -0.39 is 26.9 Å². The summed E-state index contributed by atoms with van der Waals surface area (Å²) in [6, 6.07) is 11.2. The van der Waals surface area contributed by atoms with E-state index in [0.717, 1.165) is 28.5 Å². The number of nitrogens with one attached hydrogen (secondary N) is 1. The summed E-state index contributed by atoms with van der Waals surface area (Å²) in [4.78, 5) is 38.7. The molecule has 1 aliphatic heterocycles. The molecular formula is C21H19ClN2O5S2. The Morgan fingerprint density at radius 1 is 1.16 bits per heavy atom. The van der Waals surface area contributed by atoms with Crippen molar-refractivity contribution in [1.82, 2.24) is 10.2 Å². The zero-order valence-electron chi connectivity index (χ0n) is 16.7. The monoisotopic (exact) mass is 478 g/mol. The lowest BCUT2D eigenvalue weighted by atomic mass is 10.1. The van der Waals surface area contributed by atoms with Crippen molar-refractivity contribution in [3.05, 3.63) is 69.1 Å². The van der Waals surface area contributed by atoms with E-state index in [1.54, 1.807) is 43.3 Å². The number of aryl methyl sites for hydroxylation is 1. The number of sulfone groups is 1. The van der Waals surface area contributed by atoms with Gasteiger partial charge < -0.3 is 5.32 Å². The summed E-state index contributed by atoms with van der Waals surface area (Å²) in [5.74, 6) is -0.916. The maximum atomic E-state index is 12.6. The Bertz CT molecular complexity index is 1190. The minimum absolute atomic E-state index is 0.000814. The molecule has 0 radical (unpaired) electrons. The Hall–Kier alpha value is -2.62. The van der Waals surface area contributed by atoms with Crippen LogP contribution in [0.5, 0.6) is 0 Å². The first-order valence-corrected chi connectivity index (χ1v) is 12.2. The summed E-state index contributed by atoms with van der Waals surface area (Å²) in [6.45, 7) is 1.73. The number of carbonyl (C=O) groups excluding carboxylic acids is 3. The van der Waals surface area contributed by atoms with Gasteiger partial charge in [-0.2, -0.15) is 0 Å². The highest BCUT2D eigenvalue weighted by molar-refractivity contribution is 8.18. The standard InChI is InChI=1S/C21H19ClN2O5S2/c1-13-3-8-16(31(2,28)29)12-17(13)19(25)23-9-10-24-20(26)18(30-21(24)27)11-14-4-6-15(22)7-5-14/h3-8,11-12H,9-10H2,1-2H3,(H,23,25)/b18-11+. The lowest BCUT2D eigenvalue weighted by Gasteiger charge is -2.14. The molecule has 1 heterocycles.